The average molecular weight is 572 g/mol. The van der Waals surface area contributed by atoms with Crippen LogP contribution in [-0.2, 0) is 11.3 Å². The van der Waals surface area contributed by atoms with E-state index < -0.39 is 5.97 Å². The van der Waals surface area contributed by atoms with Crippen LogP contribution in [0, 0.1) is 11.8 Å². The van der Waals surface area contributed by atoms with Crippen molar-refractivity contribution >= 4 is 30.8 Å². The lowest BCUT2D eigenvalue weighted by Gasteiger charge is -2.56. The van der Waals surface area contributed by atoms with Gasteiger partial charge in [-0.3, -0.25) is 9.69 Å². The van der Waals surface area contributed by atoms with Gasteiger partial charge in [-0.25, -0.2) is 0 Å². The SMILES string of the molecule is COc1ccc(C(C)C)cc1CN[C@@H]1[C@@H]2CCN(C[C@H]2C(=O)O)[C@@H]1C(c1ccccc1)c1ccccc1.Cl.Cl. The zero-order valence-corrected chi connectivity index (χ0v) is 24.5. The van der Waals surface area contributed by atoms with E-state index in [0.29, 0.717) is 19.0 Å². The molecule has 0 saturated carbocycles. The summed E-state index contributed by atoms with van der Waals surface area (Å²) in [6.07, 6.45) is 0.893. The van der Waals surface area contributed by atoms with E-state index in [1.807, 2.05) is 0 Å². The molecular weight excluding hydrogens is 531 g/mol. The maximum Gasteiger partial charge on any atom is 0.308 e. The fourth-order valence-electron chi connectivity index (χ4n) is 6.56. The molecule has 2 N–H and O–H groups in total. The topological polar surface area (TPSA) is 61.8 Å². The van der Waals surface area contributed by atoms with Gasteiger partial charge in [0, 0.05) is 36.7 Å². The smallest absolute Gasteiger partial charge is 0.308 e. The van der Waals surface area contributed by atoms with Crippen LogP contribution in [0.3, 0.4) is 0 Å². The number of hydrogen-bond acceptors (Lipinski definition) is 4. The lowest BCUT2D eigenvalue weighted by molar-refractivity contribution is -0.152. The largest absolute Gasteiger partial charge is 0.496 e. The van der Waals surface area contributed by atoms with Gasteiger partial charge in [0.15, 0.2) is 0 Å². The first-order valence-corrected chi connectivity index (χ1v) is 13.4. The molecule has 3 saturated heterocycles. The van der Waals surface area contributed by atoms with Crippen LogP contribution in [0.4, 0.5) is 0 Å². The van der Waals surface area contributed by atoms with Crippen LogP contribution in [0.25, 0.3) is 0 Å². The van der Waals surface area contributed by atoms with Crippen molar-refractivity contribution in [2.75, 3.05) is 20.2 Å². The lowest BCUT2D eigenvalue weighted by atomic mass is 9.66. The first-order chi connectivity index (χ1) is 18.0. The number of hydrogen-bond donors (Lipinski definition) is 2. The Morgan fingerprint density at radius 3 is 2.13 bits per heavy atom. The Bertz CT molecular complexity index is 1170. The van der Waals surface area contributed by atoms with Gasteiger partial charge in [-0.05, 0) is 47.6 Å². The minimum absolute atomic E-state index is 0. The Morgan fingerprint density at radius 2 is 1.59 bits per heavy atom. The number of halogens is 2. The summed E-state index contributed by atoms with van der Waals surface area (Å²) in [5.41, 5.74) is 4.93. The molecule has 0 amide bonds. The summed E-state index contributed by atoms with van der Waals surface area (Å²) in [7, 11) is 1.71. The minimum Gasteiger partial charge on any atom is -0.496 e. The summed E-state index contributed by atoms with van der Waals surface area (Å²) in [4.78, 5) is 14.8. The lowest BCUT2D eigenvalue weighted by Crippen LogP contribution is -2.68. The van der Waals surface area contributed by atoms with Gasteiger partial charge in [0.05, 0.1) is 13.0 Å². The second-order valence-corrected chi connectivity index (χ2v) is 10.8. The highest BCUT2D eigenvalue weighted by Crippen LogP contribution is 2.44. The van der Waals surface area contributed by atoms with E-state index in [4.69, 9.17) is 4.74 Å². The Kier molecular flexibility index (Phi) is 10.9. The first kappa shape index (κ1) is 31.0. The Balaban J connectivity index is 0.00000210. The van der Waals surface area contributed by atoms with Gasteiger partial charge in [-0.2, -0.15) is 0 Å². The van der Waals surface area contributed by atoms with Gasteiger partial charge >= 0.3 is 5.97 Å². The van der Waals surface area contributed by atoms with Crippen LogP contribution >= 0.6 is 24.8 Å². The van der Waals surface area contributed by atoms with E-state index in [9.17, 15) is 9.90 Å². The van der Waals surface area contributed by atoms with Crippen LogP contribution in [0.1, 0.15) is 54.4 Å². The maximum atomic E-state index is 12.3. The molecule has 0 aromatic heterocycles. The molecule has 0 radical (unpaired) electrons. The monoisotopic (exact) mass is 570 g/mol. The number of ether oxygens (including phenoxy) is 1. The highest BCUT2D eigenvalue weighted by molar-refractivity contribution is 5.85. The van der Waals surface area contributed by atoms with Crippen LogP contribution in [0.5, 0.6) is 5.75 Å². The zero-order valence-electron chi connectivity index (χ0n) is 22.8. The first-order valence-electron chi connectivity index (χ1n) is 13.4. The van der Waals surface area contributed by atoms with Gasteiger partial charge in [0.1, 0.15) is 5.75 Å². The zero-order chi connectivity index (χ0) is 25.9. The maximum absolute atomic E-state index is 12.3. The molecule has 5 nitrogen and oxygen atoms in total. The molecule has 39 heavy (non-hydrogen) atoms. The summed E-state index contributed by atoms with van der Waals surface area (Å²) in [5, 5.41) is 14.0. The molecule has 6 rings (SSSR count). The van der Waals surface area contributed by atoms with Crippen molar-refractivity contribution < 1.29 is 14.6 Å². The second kappa shape index (κ2) is 13.7. The van der Waals surface area contributed by atoms with E-state index in [0.717, 1.165) is 24.3 Å². The average Bonchev–Trinajstić information content (AvgIpc) is 2.93. The van der Waals surface area contributed by atoms with Crippen molar-refractivity contribution in [3.8, 4) is 5.75 Å². The van der Waals surface area contributed by atoms with Crippen molar-refractivity contribution in [2.24, 2.45) is 11.8 Å². The summed E-state index contributed by atoms with van der Waals surface area (Å²) >= 11 is 0. The number of carbonyl (C=O) groups is 1. The van der Waals surface area contributed by atoms with Crippen LogP contribution in [0.2, 0.25) is 0 Å². The molecule has 5 atom stereocenters. The third kappa shape index (κ3) is 6.44. The molecule has 7 heteroatoms. The van der Waals surface area contributed by atoms with Gasteiger partial charge in [-0.1, -0.05) is 86.6 Å². The molecule has 3 aromatic rings. The number of carboxylic acids is 1. The number of rotatable bonds is 9. The number of carboxylic acid groups (broad SMARTS) is 1. The minimum atomic E-state index is -0.685. The molecule has 2 bridgehead atoms. The summed E-state index contributed by atoms with van der Waals surface area (Å²) in [6.45, 7) is 6.57. The molecule has 3 aliphatic heterocycles. The highest BCUT2D eigenvalue weighted by atomic mass is 35.5. The third-order valence-corrected chi connectivity index (χ3v) is 8.42. The van der Waals surface area contributed by atoms with E-state index in [1.54, 1.807) is 7.11 Å². The summed E-state index contributed by atoms with van der Waals surface area (Å²) in [6, 6.07) is 28.0. The van der Waals surface area contributed by atoms with Crippen LogP contribution in [-0.4, -0.2) is 48.3 Å². The van der Waals surface area contributed by atoms with Gasteiger partial charge in [0.25, 0.3) is 0 Å². The van der Waals surface area contributed by atoms with Crippen LogP contribution < -0.4 is 10.1 Å². The van der Waals surface area contributed by atoms with Gasteiger partial charge in [0.2, 0.25) is 0 Å². The molecule has 1 unspecified atom stereocenters. The number of methoxy groups -OCH3 is 1. The molecule has 0 aliphatic carbocycles. The van der Waals surface area contributed by atoms with Crippen LogP contribution in [0.15, 0.2) is 78.9 Å². The molecule has 3 aliphatic rings. The fraction of sp³-hybridized carbons (Fsp3) is 0.406. The van der Waals surface area contributed by atoms with E-state index in [2.05, 4.69) is 103 Å². The van der Waals surface area contributed by atoms with E-state index in [1.165, 1.54) is 16.7 Å². The fourth-order valence-corrected chi connectivity index (χ4v) is 6.56. The standard InChI is InChI=1S/C32H38N2O3.2ClH/c1-21(2)24-14-15-28(37-3)25(18-24)19-33-30-26-16-17-34(20-27(26)32(35)36)31(30)29(22-10-6-4-7-11-22)23-12-8-5-9-13-23;;/h4-15,18,21,26-27,29-31,33H,16-17,19-20H2,1-3H3,(H,35,36);2*1H/t26-,27-,30-,31-;;/m1../s1. The molecular formula is C32H40Cl2N2O3. The number of fused-ring (bicyclic) bond motifs is 3. The van der Waals surface area contributed by atoms with Gasteiger partial charge < -0.3 is 15.2 Å². The molecule has 3 fully saturated rings. The van der Waals surface area contributed by atoms with Crippen molar-refractivity contribution in [3.05, 3.63) is 101 Å². The van der Waals surface area contributed by atoms with Crippen molar-refractivity contribution in [2.45, 2.75) is 50.7 Å². The Labute approximate surface area is 244 Å². The van der Waals surface area contributed by atoms with E-state index >= 15 is 0 Å². The number of aliphatic carboxylic acids is 1. The Hall–Kier alpha value is -2.57. The summed E-state index contributed by atoms with van der Waals surface area (Å²) in [5.74, 6) is 0.454. The number of piperidine rings is 3. The molecule has 210 valence electrons. The van der Waals surface area contributed by atoms with Crippen molar-refractivity contribution in [3.63, 3.8) is 0 Å². The highest BCUT2D eigenvalue weighted by Gasteiger charge is 2.52. The third-order valence-electron chi connectivity index (χ3n) is 8.42. The van der Waals surface area contributed by atoms with Crippen molar-refractivity contribution in [1.29, 1.82) is 0 Å². The summed E-state index contributed by atoms with van der Waals surface area (Å²) < 4.78 is 5.71. The number of nitrogens with one attached hydrogen (secondary N) is 1. The second-order valence-electron chi connectivity index (χ2n) is 10.8. The Morgan fingerprint density at radius 1 is 0.974 bits per heavy atom. The molecule has 3 heterocycles. The quantitative estimate of drug-likeness (QED) is 0.313. The molecule has 0 spiro atoms. The number of nitrogens with zero attached hydrogens (tertiary/aromatic N) is 1. The molecule has 3 aromatic carbocycles. The van der Waals surface area contributed by atoms with E-state index in [-0.39, 0.29) is 54.7 Å². The van der Waals surface area contributed by atoms with Gasteiger partial charge in [-0.15, -0.1) is 24.8 Å². The normalized spacial score (nSPS) is 23.7. The predicted molar refractivity (Wildman–Crippen MR) is 162 cm³/mol. The predicted octanol–water partition coefficient (Wildman–Crippen LogP) is 6.36. The number of benzene rings is 3. The van der Waals surface area contributed by atoms with Crippen molar-refractivity contribution in [1.82, 2.24) is 10.2 Å².